The van der Waals surface area contributed by atoms with Gasteiger partial charge in [0.15, 0.2) is 0 Å². The van der Waals surface area contributed by atoms with Crippen molar-refractivity contribution in [1.29, 1.82) is 5.26 Å². The summed E-state index contributed by atoms with van der Waals surface area (Å²) in [4.78, 5) is 26.5. The molecule has 1 N–H and O–H groups in total. The van der Waals surface area contributed by atoms with E-state index in [2.05, 4.69) is 44.9 Å². The van der Waals surface area contributed by atoms with Crippen LogP contribution in [0.1, 0.15) is 35.5 Å². The number of urea groups is 1. The lowest BCUT2D eigenvalue weighted by molar-refractivity contribution is 0.124. The molecule has 0 bridgehead atoms. The van der Waals surface area contributed by atoms with Gasteiger partial charge in [0.05, 0.1) is 29.3 Å². The van der Waals surface area contributed by atoms with Crippen LogP contribution < -0.4 is 5.32 Å². The Morgan fingerprint density at radius 1 is 1.17 bits per heavy atom. The van der Waals surface area contributed by atoms with Crippen LogP contribution in [0, 0.1) is 18.3 Å². The van der Waals surface area contributed by atoms with E-state index in [-0.39, 0.29) is 12.1 Å². The lowest BCUT2D eigenvalue weighted by atomic mass is 9.96. The highest BCUT2D eigenvalue weighted by Crippen LogP contribution is 2.41. The van der Waals surface area contributed by atoms with Gasteiger partial charge in [0.1, 0.15) is 5.82 Å². The van der Waals surface area contributed by atoms with Crippen molar-refractivity contribution in [2.45, 2.75) is 26.4 Å². The van der Waals surface area contributed by atoms with Crippen molar-refractivity contribution in [2.75, 3.05) is 37.4 Å². The summed E-state index contributed by atoms with van der Waals surface area (Å²) in [5.74, 6) is 1.24. The predicted octanol–water partition coefficient (Wildman–Crippen LogP) is 6.29. The van der Waals surface area contributed by atoms with Crippen molar-refractivity contribution in [2.24, 2.45) is 4.99 Å². The number of imidazole rings is 1. The molecule has 0 spiro atoms. The molecule has 2 aliphatic rings. The number of alkyl halides is 1. The van der Waals surface area contributed by atoms with Crippen LogP contribution in [0.4, 0.5) is 10.5 Å². The van der Waals surface area contributed by atoms with Gasteiger partial charge in [-0.05, 0) is 78.6 Å². The minimum Gasteiger partial charge on any atom is -0.331 e. The average Bonchev–Trinajstić information content (AvgIpc) is 3.35. The second-order valence-corrected chi connectivity index (χ2v) is 10.8. The van der Waals surface area contributed by atoms with Gasteiger partial charge in [0.2, 0.25) is 0 Å². The third kappa shape index (κ3) is 6.38. The highest BCUT2D eigenvalue weighted by Gasteiger charge is 2.33. The summed E-state index contributed by atoms with van der Waals surface area (Å²) in [7, 11) is 0. The van der Waals surface area contributed by atoms with Crippen molar-refractivity contribution in [3.8, 4) is 6.07 Å². The summed E-state index contributed by atoms with van der Waals surface area (Å²) in [6.07, 6.45) is 7.74. The van der Waals surface area contributed by atoms with Gasteiger partial charge in [0.25, 0.3) is 0 Å². The van der Waals surface area contributed by atoms with Crippen LogP contribution in [0.2, 0.25) is 5.02 Å². The maximum Gasteiger partial charge on any atom is 0.321 e. The van der Waals surface area contributed by atoms with Crippen molar-refractivity contribution in [3.63, 3.8) is 0 Å². The molecule has 0 saturated carbocycles. The van der Waals surface area contributed by atoms with E-state index in [0.717, 1.165) is 33.8 Å². The highest BCUT2D eigenvalue weighted by atomic mass is 35.5. The summed E-state index contributed by atoms with van der Waals surface area (Å²) >= 11 is 12.6. The summed E-state index contributed by atoms with van der Waals surface area (Å²) < 4.78 is 2.12. The number of carbonyl (C=O) groups excluding carboxylic acids is 1. The molecule has 41 heavy (non-hydrogen) atoms. The van der Waals surface area contributed by atoms with E-state index >= 15 is 0 Å². The van der Waals surface area contributed by atoms with E-state index in [0.29, 0.717) is 54.9 Å². The van der Waals surface area contributed by atoms with Gasteiger partial charge in [-0.2, -0.15) is 5.26 Å². The largest absolute Gasteiger partial charge is 0.331 e. The molecule has 2 heterocycles. The van der Waals surface area contributed by atoms with E-state index in [1.54, 1.807) is 30.5 Å². The Morgan fingerprint density at radius 2 is 1.93 bits per heavy atom. The fourth-order valence-electron chi connectivity index (χ4n) is 5.33. The van der Waals surface area contributed by atoms with Crippen LogP contribution in [0.5, 0.6) is 0 Å². The molecule has 0 radical (unpaired) electrons. The molecule has 210 valence electrons. The lowest BCUT2D eigenvalue weighted by Gasteiger charge is -2.40. The molecule has 5 rings (SSSR count). The van der Waals surface area contributed by atoms with E-state index in [4.69, 9.17) is 33.5 Å². The normalized spacial score (nSPS) is 17.7. The number of hydrogen-bond donors (Lipinski definition) is 1. The Hall–Kier alpha value is -3.90. The van der Waals surface area contributed by atoms with Crippen molar-refractivity contribution in [3.05, 3.63) is 99.2 Å². The van der Waals surface area contributed by atoms with E-state index in [1.165, 1.54) is 0 Å². The van der Waals surface area contributed by atoms with Crippen LogP contribution >= 0.6 is 23.2 Å². The maximum atomic E-state index is 13.0. The number of nitrogens with zero attached hydrogens (tertiary/aromatic N) is 6. The standard InChI is InChI=1S/C31H31Cl2N7O/c1-21-25(20-40-12-11-35-22(40)2)17-24-18-26(33)5-8-28(24)30(29(21)36-10-9-32)38-13-15-39(16-14-38)31(41)37-27-6-3-23(19-34)4-7-27/h3-8,10-12,17-18,30H,9,13-16,20H2,1-2H3,(H,37,41). The SMILES string of the molecule is CC1=C(N=CCCl)C(N2CCN(C(=O)Nc3ccc(C#N)cc3)CC2)c2ccc(Cl)cc2C=C1Cn1ccnc1C. The molecule has 2 amide bonds. The Kier molecular flexibility index (Phi) is 8.89. The maximum absolute atomic E-state index is 13.0. The number of aromatic nitrogens is 2. The number of nitriles is 1. The fraction of sp³-hybridized carbons (Fsp3) is 0.290. The predicted molar refractivity (Wildman–Crippen MR) is 164 cm³/mol. The van der Waals surface area contributed by atoms with Gasteiger partial charge in [-0.15, -0.1) is 11.6 Å². The number of piperazine rings is 1. The zero-order valence-electron chi connectivity index (χ0n) is 23.0. The smallest absolute Gasteiger partial charge is 0.321 e. The molecule has 1 aromatic heterocycles. The third-order valence-corrected chi connectivity index (χ3v) is 7.97. The first kappa shape index (κ1) is 28.6. The van der Waals surface area contributed by atoms with Crippen molar-refractivity contribution >= 4 is 47.2 Å². The number of carbonyl (C=O) groups is 1. The van der Waals surface area contributed by atoms with Gasteiger partial charge in [-0.3, -0.25) is 9.89 Å². The van der Waals surface area contributed by atoms with Crippen LogP contribution in [-0.4, -0.2) is 63.7 Å². The summed E-state index contributed by atoms with van der Waals surface area (Å²) in [5.41, 5.74) is 6.52. The molecule has 1 unspecified atom stereocenters. The number of aliphatic imine (C=N–C) groups is 1. The molecule has 1 aliphatic heterocycles. The Labute approximate surface area is 250 Å². The minimum atomic E-state index is -0.158. The molecule has 1 atom stereocenters. The highest BCUT2D eigenvalue weighted by molar-refractivity contribution is 6.30. The lowest BCUT2D eigenvalue weighted by Crippen LogP contribution is -2.51. The first-order chi connectivity index (χ1) is 19.9. The zero-order valence-corrected chi connectivity index (χ0v) is 24.5. The van der Waals surface area contributed by atoms with Gasteiger partial charge in [-0.25, -0.2) is 9.78 Å². The average molecular weight is 589 g/mol. The number of halogens is 2. The Balaban J connectivity index is 1.43. The van der Waals surface area contributed by atoms with Crippen LogP contribution in [0.25, 0.3) is 6.08 Å². The van der Waals surface area contributed by atoms with Gasteiger partial charge < -0.3 is 14.8 Å². The zero-order chi connectivity index (χ0) is 28.9. The second kappa shape index (κ2) is 12.7. The number of rotatable bonds is 6. The molecule has 2 aromatic carbocycles. The van der Waals surface area contributed by atoms with E-state index in [1.807, 2.05) is 36.4 Å². The van der Waals surface area contributed by atoms with Crippen LogP contribution in [0.15, 0.2) is 76.7 Å². The first-order valence-corrected chi connectivity index (χ1v) is 14.4. The quantitative estimate of drug-likeness (QED) is 0.271. The number of hydrogen-bond acceptors (Lipinski definition) is 5. The molecule has 1 saturated heterocycles. The topological polar surface area (TPSA) is 89.5 Å². The summed E-state index contributed by atoms with van der Waals surface area (Å²) in [5, 5.41) is 12.6. The molecule has 1 aliphatic carbocycles. The number of fused-ring (bicyclic) bond motifs is 1. The van der Waals surface area contributed by atoms with Crippen molar-refractivity contribution in [1.82, 2.24) is 19.4 Å². The first-order valence-electron chi connectivity index (χ1n) is 13.5. The number of anilines is 1. The van der Waals surface area contributed by atoms with Crippen LogP contribution in [-0.2, 0) is 6.54 Å². The van der Waals surface area contributed by atoms with Crippen molar-refractivity contribution < 1.29 is 4.79 Å². The molecular formula is C31H31Cl2N7O. The molecule has 1 fully saturated rings. The van der Waals surface area contributed by atoms with Gasteiger partial charge in [0, 0.05) is 62.0 Å². The molecule has 10 heteroatoms. The number of benzene rings is 2. The van der Waals surface area contributed by atoms with E-state index < -0.39 is 0 Å². The summed E-state index contributed by atoms with van der Waals surface area (Å²) in [6, 6.07) is 14.7. The van der Waals surface area contributed by atoms with Gasteiger partial charge >= 0.3 is 6.03 Å². The molecule has 8 nitrogen and oxygen atoms in total. The summed E-state index contributed by atoms with van der Waals surface area (Å²) in [6.45, 7) is 7.20. The fourth-order valence-corrected chi connectivity index (χ4v) is 5.58. The number of aryl methyl sites for hydroxylation is 1. The number of nitrogens with one attached hydrogen (secondary N) is 1. The van der Waals surface area contributed by atoms with E-state index in [9.17, 15) is 4.79 Å². The number of allylic oxidation sites excluding steroid dienone is 2. The van der Waals surface area contributed by atoms with Crippen LogP contribution in [0.3, 0.4) is 0 Å². The third-order valence-electron chi connectivity index (χ3n) is 7.59. The Bertz CT molecular complexity index is 1560. The molecule has 3 aromatic rings. The monoisotopic (exact) mass is 587 g/mol. The molecular weight excluding hydrogens is 557 g/mol. The minimum absolute atomic E-state index is 0.136. The second-order valence-electron chi connectivity index (χ2n) is 10.1. The number of amides is 2. The Morgan fingerprint density at radius 3 is 2.59 bits per heavy atom. The van der Waals surface area contributed by atoms with Gasteiger partial charge in [-0.1, -0.05) is 17.7 Å².